The van der Waals surface area contributed by atoms with E-state index in [0.717, 1.165) is 33.5 Å². The maximum atomic E-state index is 12.7. The van der Waals surface area contributed by atoms with Gasteiger partial charge in [0.15, 0.2) is 5.82 Å². The van der Waals surface area contributed by atoms with Crippen molar-refractivity contribution in [1.82, 2.24) is 14.6 Å². The molecule has 36 heavy (non-hydrogen) atoms. The van der Waals surface area contributed by atoms with Crippen LogP contribution in [-0.4, -0.2) is 46.7 Å². The number of amides is 1. The maximum Gasteiger partial charge on any atom is 0.243 e. The normalized spacial score (nSPS) is 11.7. The van der Waals surface area contributed by atoms with Crippen LogP contribution in [0.5, 0.6) is 5.75 Å². The number of carbonyl (C=O) groups is 1. The molecule has 0 saturated heterocycles. The van der Waals surface area contributed by atoms with Crippen LogP contribution >= 0.6 is 11.3 Å². The van der Waals surface area contributed by atoms with E-state index in [9.17, 15) is 4.79 Å². The van der Waals surface area contributed by atoms with Crippen LogP contribution in [0.15, 0.2) is 48.5 Å². The number of anilines is 3. The van der Waals surface area contributed by atoms with Gasteiger partial charge in [0.05, 0.1) is 13.7 Å². The van der Waals surface area contributed by atoms with Gasteiger partial charge < -0.3 is 20.3 Å². The summed E-state index contributed by atoms with van der Waals surface area (Å²) in [5.74, 6) is 1.96. The molecular weight excluding hydrogens is 472 g/mol. The van der Waals surface area contributed by atoms with Crippen molar-refractivity contribution in [3.05, 3.63) is 54.1 Å². The number of nitrogens with zero attached hydrogens (tertiary/aromatic N) is 4. The predicted octanol–water partition coefficient (Wildman–Crippen LogP) is 5.88. The molecule has 0 aliphatic heterocycles. The van der Waals surface area contributed by atoms with Crippen molar-refractivity contribution in [2.24, 2.45) is 0 Å². The van der Waals surface area contributed by atoms with Crippen LogP contribution in [0, 0.1) is 0 Å². The van der Waals surface area contributed by atoms with Crippen molar-refractivity contribution < 1.29 is 9.53 Å². The zero-order valence-corrected chi connectivity index (χ0v) is 22.7. The monoisotopic (exact) mass is 506 g/mol. The minimum atomic E-state index is -0.197. The van der Waals surface area contributed by atoms with E-state index in [-0.39, 0.29) is 18.0 Å². The minimum Gasteiger partial charge on any atom is -0.497 e. The van der Waals surface area contributed by atoms with E-state index < -0.39 is 0 Å². The van der Waals surface area contributed by atoms with Crippen molar-refractivity contribution in [1.29, 1.82) is 0 Å². The molecule has 4 rings (SSSR count). The molecular formula is C27H34N6O2S. The second-order valence-corrected chi connectivity index (χ2v) is 11.1. The third kappa shape index (κ3) is 5.79. The fraction of sp³-hybridized carbons (Fsp3) is 0.370. The van der Waals surface area contributed by atoms with Crippen molar-refractivity contribution in [3.63, 3.8) is 0 Å². The second kappa shape index (κ2) is 10.2. The summed E-state index contributed by atoms with van der Waals surface area (Å²) in [4.78, 5) is 20.2. The van der Waals surface area contributed by atoms with Gasteiger partial charge in [0.1, 0.15) is 11.4 Å². The Labute approximate surface area is 216 Å². The first-order chi connectivity index (χ1) is 17.0. The third-order valence-electron chi connectivity index (χ3n) is 5.62. The number of ether oxygens (including phenoxy) is 1. The Morgan fingerprint density at radius 3 is 2.36 bits per heavy atom. The molecule has 1 amide bonds. The number of rotatable bonds is 8. The van der Waals surface area contributed by atoms with Crippen molar-refractivity contribution in [2.45, 2.75) is 46.1 Å². The summed E-state index contributed by atoms with van der Waals surface area (Å²) < 4.78 is 7.12. The van der Waals surface area contributed by atoms with E-state index in [1.165, 1.54) is 16.9 Å². The number of hydrogen-bond acceptors (Lipinski definition) is 7. The van der Waals surface area contributed by atoms with Crippen LogP contribution in [0.4, 0.5) is 16.6 Å². The lowest BCUT2D eigenvalue weighted by Gasteiger charge is -2.22. The van der Waals surface area contributed by atoms with Crippen LogP contribution in [-0.2, 0) is 4.79 Å². The molecule has 2 aromatic carbocycles. The van der Waals surface area contributed by atoms with Gasteiger partial charge in [-0.15, -0.1) is 5.10 Å². The summed E-state index contributed by atoms with van der Waals surface area (Å²) in [5.41, 5.74) is 3.62. The molecule has 0 atom stereocenters. The molecule has 0 bridgehead atoms. The van der Waals surface area contributed by atoms with E-state index in [1.807, 2.05) is 65.0 Å². The van der Waals surface area contributed by atoms with E-state index in [2.05, 4.69) is 45.3 Å². The highest BCUT2D eigenvalue weighted by atomic mass is 32.1. The summed E-state index contributed by atoms with van der Waals surface area (Å²) in [6.45, 7) is 10.8. The zero-order chi connectivity index (χ0) is 26.0. The Kier molecular flexibility index (Phi) is 7.21. The van der Waals surface area contributed by atoms with Gasteiger partial charge in [0, 0.05) is 23.8 Å². The quantitative estimate of drug-likeness (QED) is 0.311. The molecule has 0 fully saturated rings. The Balaban J connectivity index is 1.55. The number of fused-ring (bicyclic) bond motifs is 1. The van der Waals surface area contributed by atoms with Crippen LogP contribution in [0.25, 0.3) is 16.2 Å². The van der Waals surface area contributed by atoms with Crippen molar-refractivity contribution >= 4 is 38.8 Å². The molecule has 190 valence electrons. The summed E-state index contributed by atoms with van der Waals surface area (Å²) in [7, 11) is 3.51. The van der Waals surface area contributed by atoms with Gasteiger partial charge in [-0.1, -0.05) is 37.3 Å². The molecule has 0 unspecified atom stereocenters. The van der Waals surface area contributed by atoms with E-state index in [0.29, 0.717) is 11.0 Å². The zero-order valence-electron chi connectivity index (χ0n) is 21.9. The average molecular weight is 507 g/mol. The topological polar surface area (TPSA) is 83.8 Å². The number of carbonyl (C=O) groups excluding carboxylic acids is 1. The Bertz CT molecular complexity index is 1330. The molecule has 0 aliphatic carbocycles. The number of methoxy groups -OCH3 is 1. The standard InChI is InChI=1S/C27H34N6O2S/c1-17(2)18-8-12-20(13-9-18)28-22(34)16-32(6)26-31-33-24(30-27(3,4)5)23(29-25(33)36-26)19-10-14-21(35-7)15-11-19/h8-15,17,30H,16H2,1-7H3,(H,28,34). The lowest BCUT2D eigenvalue weighted by atomic mass is 10.0. The fourth-order valence-corrected chi connectivity index (χ4v) is 4.61. The van der Waals surface area contributed by atoms with Crippen molar-refractivity contribution in [3.8, 4) is 17.0 Å². The first-order valence-corrected chi connectivity index (χ1v) is 12.8. The largest absolute Gasteiger partial charge is 0.497 e. The highest BCUT2D eigenvalue weighted by molar-refractivity contribution is 7.20. The Morgan fingerprint density at radius 1 is 1.11 bits per heavy atom. The lowest BCUT2D eigenvalue weighted by Crippen LogP contribution is -2.30. The summed E-state index contributed by atoms with van der Waals surface area (Å²) in [6, 6.07) is 15.8. The summed E-state index contributed by atoms with van der Waals surface area (Å²) in [6.07, 6.45) is 0. The molecule has 0 saturated carbocycles. The first kappa shape index (κ1) is 25.5. The average Bonchev–Trinajstić information content (AvgIpc) is 3.38. The maximum absolute atomic E-state index is 12.7. The lowest BCUT2D eigenvalue weighted by molar-refractivity contribution is -0.114. The third-order valence-corrected chi connectivity index (χ3v) is 6.64. The van der Waals surface area contributed by atoms with Gasteiger partial charge in [-0.05, 0) is 68.7 Å². The van der Waals surface area contributed by atoms with Gasteiger partial charge in [-0.25, -0.2) is 4.98 Å². The van der Waals surface area contributed by atoms with Gasteiger partial charge in [-0.2, -0.15) is 4.52 Å². The fourth-order valence-electron chi connectivity index (χ4n) is 3.75. The highest BCUT2D eigenvalue weighted by Gasteiger charge is 2.23. The Hall–Kier alpha value is -3.59. The van der Waals surface area contributed by atoms with Crippen LogP contribution in [0.2, 0.25) is 0 Å². The van der Waals surface area contributed by atoms with E-state index >= 15 is 0 Å². The van der Waals surface area contributed by atoms with Gasteiger partial charge in [0.2, 0.25) is 16.0 Å². The molecule has 2 N–H and O–H groups in total. The molecule has 4 aromatic rings. The highest BCUT2D eigenvalue weighted by Crippen LogP contribution is 2.35. The summed E-state index contributed by atoms with van der Waals surface area (Å²) >= 11 is 1.44. The SMILES string of the molecule is COc1ccc(-c2nc3sc(N(C)CC(=O)Nc4ccc(C(C)C)cc4)nn3c2NC(C)(C)C)cc1. The van der Waals surface area contributed by atoms with Gasteiger partial charge in [0.25, 0.3) is 0 Å². The van der Waals surface area contributed by atoms with Gasteiger partial charge in [-0.3, -0.25) is 4.79 Å². The molecule has 9 heteroatoms. The van der Waals surface area contributed by atoms with Crippen LogP contribution < -0.4 is 20.3 Å². The number of aromatic nitrogens is 3. The summed E-state index contributed by atoms with van der Waals surface area (Å²) in [5, 5.41) is 12.0. The molecule has 0 radical (unpaired) electrons. The van der Waals surface area contributed by atoms with Gasteiger partial charge >= 0.3 is 0 Å². The van der Waals surface area contributed by atoms with Crippen molar-refractivity contribution in [2.75, 3.05) is 36.2 Å². The Morgan fingerprint density at radius 2 is 1.78 bits per heavy atom. The number of hydrogen-bond donors (Lipinski definition) is 2. The minimum absolute atomic E-state index is 0.102. The smallest absolute Gasteiger partial charge is 0.243 e. The predicted molar refractivity (Wildman–Crippen MR) is 149 cm³/mol. The number of likely N-dealkylation sites (N-methyl/N-ethyl adjacent to an activating group) is 1. The molecule has 0 spiro atoms. The van der Waals surface area contributed by atoms with E-state index in [4.69, 9.17) is 14.8 Å². The van der Waals surface area contributed by atoms with Crippen LogP contribution in [0.1, 0.15) is 46.1 Å². The second-order valence-electron chi connectivity index (χ2n) is 10.2. The van der Waals surface area contributed by atoms with E-state index in [1.54, 1.807) is 7.11 Å². The molecule has 2 aromatic heterocycles. The number of benzene rings is 2. The van der Waals surface area contributed by atoms with Crippen LogP contribution in [0.3, 0.4) is 0 Å². The molecule has 2 heterocycles. The molecule has 0 aliphatic rings. The number of imidazole rings is 1. The number of nitrogens with one attached hydrogen (secondary N) is 2. The first-order valence-electron chi connectivity index (χ1n) is 12.0. The molecule has 8 nitrogen and oxygen atoms in total.